The number of benzene rings is 2. The zero-order valence-corrected chi connectivity index (χ0v) is 16.4. The fraction of sp³-hybridized carbons (Fsp3) is 0.261. The number of aryl methyl sites for hydroxylation is 1. The summed E-state index contributed by atoms with van der Waals surface area (Å²) >= 11 is 1.66. The molecule has 0 N–H and O–H groups in total. The van der Waals surface area contributed by atoms with Crippen LogP contribution in [0.2, 0.25) is 0 Å². The van der Waals surface area contributed by atoms with E-state index in [1.54, 1.807) is 11.3 Å². The van der Waals surface area contributed by atoms with E-state index in [9.17, 15) is 0 Å². The lowest BCUT2D eigenvalue weighted by molar-refractivity contribution is 0.289. The third-order valence-electron chi connectivity index (χ3n) is 4.13. The molecule has 0 amide bonds. The van der Waals surface area contributed by atoms with Crippen LogP contribution in [0.5, 0.6) is 5.75 Å². The van der Waals surface area contributed by atoms with E-state index in [1.807, 2.05) is 12.1 Å². The van der Waals surface area contributed by atoms with Crippen molar-refractivity contribution in [2.45, 2.75) is 27.2 Å². The van der Waals surface area contributed by atoms with Crippen LogP contribution in [-0.2, 0) is 0 Å². The maximum Gasteiger partial charge on any atom is 0.119 e. The van der Waals surface area contributed by atoms with Gasteiger partial charge in [-0.2, -0.15) is 0 Å². The van der Waals surface area contributed by atoms with Crippen LogP contribution in [-0.4, -0.2) is 11.6 Å². The summed E-state index contributed by atoms with van der Waals surface area (Å²) in [4.78, 5) is 4.71. The standard InChI is InChI=1S/C23H25NOS/c1-17(2)14-15-25-21-11-6-19(7-12-21)8-13-23-24-22(16-26-23)20-9-4-18(3)5-10-20/h4-13,16-17H,14-15H2,1-3H3. The van der Waals surface area contributed by atoms with Gasteiger partial charge in [0.05, 0.1) is 12.3 Å². The number of rotatable bonds is 7. The van der Waals surface area contributed by atoms with Gasteiger partial charge in [0.2, 0.25) is 0 Å². The van der Waals surface area contributed by atoms with Crippen molar-refractivity contribution in [2.24, 2.45) is 5.92 Å². The number of hydrogen-bond acceptors (Lipinski definition) is 3. The van der Waals surface area contributed by atoms with Crippen LogP contribution >= 0.6 is 11.3 Å². The molecule has 134 valence electrons. The van der Waals surface area contributed by atoms with Crippen LogP contribution in [0.4, 0.5) is 0 Å². The van der Waals surface area contributed by atoms with Gasteiger partial charge in [-0.25, -0.2) is 4.98 Å². The van der Waals surface area contributed by atoms with Gasteiger partial charge < -0.3 is 4.74 Å². The van der Waals surface area contributed by atoms with E-state index in [0.717, 1.165) is 40.6 Å². The minimum absolute atomic E-state index is 0.667. The predicted octanol–water partition coefficient (Wildman–Crippen LogP) is 6.71. The molecule has 0 atom stereocenters. The zero-order valence-electron chi connectivity index (χ0n) is 15.6. The number of aromatic nitrogens is 1. The van der Waals surface area contributed by atoms with Gasteiger partial charge in [0.1, 0.15) is 10.8 Å². The van der Waals surface area contributed by atoms with Crippen molar-refractivity contribution in [3.63, 3.8) is 0 Å². The Morgan fingerprint density at radius 3 is 2.42 bits per heavy atom. The van der Waals surface area contributed by atoms with Crippen LogP contribution in [0.25, 0.3) is 23.4 Å². The van der Waals surface area contributed by atoms with Gasteiger partial charge in [-0.05, 0) is 43.0 Å². The molecule has 0 bridgehead atoms. The van der Waals surface area contributed by atoms with Crippen LogP contribution in [0.3, 0.4) is 0 Å². The number of nitrogens with zero attached hydrogens (tertiary/aromatic N) is 1. The van der Waals surface area contributed by atoms with Gasteiger partial charge in [0.25, 0.3) is 0 Å². The quantitative estimate of drug-likeness (QED) is 0.465. The molecule has 0 radical (unpaired) electrons. The molecule has 0 fully saturated rings. The first-order valence-corrected chi connectivity index (χ1v) is 9.91. The summed E-state index contributed by atoms with van der Waals surface area (Å²) in [7, 11) is 0. The first-order chi connectivity index (χ1) is 12.6. The minimum atomic E-state index is 0.667. The molecule has 1 heterocycles. The fourth-order valence-electron chi connectivity index (χ4n) is 2.48. The monoisotopic (exact) mass is 363 g/mol. The number of thiazole rings is 1. The smallest absolute Gasteiger partial charge is 0.119 e. The second kappa shape index (κ2) is 8.81. The molecule has 3 heteroatoms. The van der Waals surface area contributed by atoms with Crippen LogP contribution in [0, 0.1) is 12.8 Å². The van der Waals surface area contributed by atoms with Gasteiger partial charge >= 0.3 is 0 Å². The third-order valence-corrected chi connectivity index (χ3v) is 4.94. The Morgan fingerprint density at radius 2 is 1.73 bits per heavy atom. The van der Waals surface area contributed by atoms with Gasteiger partial charge in [-0.1, -0.05) is 61.9 Å². The summed E-state index contributed by atoms with van der Waals surface area (Å²) in [5.74, 6) is 1.60. The molecule has 0 spiro atoms. The molecule has 0 aliphatic rings. The molecule has 0 unspecified atom stereocenters. The van der Waals surface area contributed by atoms with Gasteiger partial charge in [-0.15, -0.1) is 11.3 Å². The van der Waals surface area contributed by atoms with Gasteiger partial charge in [0, 0.05) is 10.9 Å². The Balaban J connectivity index is 1.60. The molecular formula is C23H25NOS. The highest BCUT2D eigenvalue weighted by molar-refractivity contribution is 7.10. The van der Waals surface area contributed by atoms with Crippen molar-refractivity contribution in [2.75, 3.05) is 6.61 Å². The Hall–Kier alpha value is -2.39. The fourth-order valence-corrected chi connectivity index (χ4v) is 3.20. The van der Waals surface area contributed by atoms with Crippen molar-refractivity contribution in [3.05, 3.63) is 70.0 Å². The van der Waals surface area contributed by atoms with Crippen molar-refractivity contribution in [1.82, 2.24) is 4.98 Å². The lowest BCUT2D eigenvalue weighted by Crippen LogP contribution is -2.01. The topological polar surface area (TPSA) is 22.1 Å². The molecule has 0 aliphatic heterocycles. The van der Waals surface area contributed by atoms with E-state index in [-0.39, 0.29) is 0 Å². The SMILES string of the molecule is Cc1ccc(-c2csc(C=Cc3ccc(OCCC(C)C)cc3)n2)cc1. The highest BCUT2D eigenvalue weighted by Gasteiger charge is 2.02. The van der Waals surface area contributed by atoms with Crippen LogP contribution in [0.1, 0.15) is 36.4 Å². The Morgan fingerprint density at radius 1 is 1.00 bits per heavy atom. The molecule has 0 aliphatic carbocycles. The molecule has 26 heavy (non-hydrogen) atoms. The maximum atomic E-state index is 5.76. The van der Waals surface area contributed by atoms with Gasteiger partial charge in [0.15, 0.2) is 0 Å². The molecule has 1 aromatic heterocycles. The second-order valence-corrected chi connectivity index (χ2v) is 7.76. The average molecular weight is 364 g/mol. The van der Waals surface area contributed by atoms with E-state index < -0.39 is 0 Å². The van der Waals surface area contributed by atoms with E-state index >= 15 is 0 Å². The largest absolute Gasteiger partial charge is 0.494 e. The molecule has 2 nitrogen and oxygen atoms in total. The highest BCUT2D eigenvalue weighted by Crippen LogP contribution is 2.23. The highest BCUT2D eigenvalue weighted by atomic mass is 32.1. The predicted molar refractivity (Wildman–Crippen MR) is 113 cm³/mol. The lowest BCUT2D eigenvalue weighted by atomic mass is 10.1. The second-order valence-electron chi connectivity index (χ2n) is 6.87. The van der Waals surface area contributed by atoms with Crippen LogP contribution < -0.4 is 4.74 Å². The molecular weight excluding hydrogens is 338 g/mol. The van der Waals surface area contributed by atoms with Crippen molar-refractivity contribution >= 4 is 23.5 Å². The van der Waals surface area contributed by atoms with E-state index in [2.05, 4.69) is 74.7 Å². The summed E-state index contributed by atoms with van der Waals surface area (Å²) in [5, 5.41) is 3.12. The normalized spacial score (nSPS) is 11.4. The van der Waals surface area contributed by atoms with E-state index in [0.29, 0.717) is 5.92 Å². The Kier molecular flexibility index (Phi) is 6.24. The zero-order chi connectivity index (χ0) is 18.4. The summed E-state index contributed by atoms with van der Waals surface area (Å²) in [6.45, 7) is 7.29. The van der Waals surface area contributed by atoms with Gasteiger partial charge in [-0.3, -0.25) is 0 Å². The summed E-state index contributed by atoms with van der Waals surface area (Å²) in [5.41, 5.74) is 4.60. The minimum Gasteiger partial charge on any atom is -0.494 e. The third kappa shape index (κ3) is 5.30. The summed E-state index contributed by atoms with van der Waals surface area (Å²) in [6, 6.07) is 16.7. The summed E-state index contributed by atoms with van der Waals surface area (Å²) < 4.78 is 5.76. The Labute approximate surface area is 160 Å². The first-order valence-electron chi connectivity index (χ1n) is 9.03. The van der Waals surface area contributed by atoms with Crippen molar-refractivity contribution in [1.29, 1.82) is 0 Å². The first kappa shape index (κ1) is 18.4. The average Bonchev–Trinajstić information content (AvgIpc) is 3.10. The van der Waals surface area contributed by atoms with E-state index in [4.69, 9.17) is 9.72 Å². The number of ether oxygens (including phenoxy) is 1. The van der Waals surface area contributed by atoms with E-state index in [1.165, 1.54) is 5.56 Å². The lowest BCUT2D eigenvalue weighted by Gasteiger charge is -2.07. The number of hydrogen-bond donors (Lipinski definition) is 0. The molecule has 0 saturated carbocycles. The molecule has 2 aromatic carbocycles. The molecule has 3 aromatic rings. The van der Waals surface area contributed by atoms with Crippen LogP contribution in [0.15, 0.2) is 53.9 Å². The van der Waals surface area contributed by atoms with Crippen molar-refractivity contribution < 1.29 is 4.74 Å². The molecule has 0 saturated heterocycles. The van der Waals surface area contributed by atoms with Crippen molar-refractivity contribution in [3.8, 4) is 17.0 Å². The maximum absolute atomic E-state index is 5.76. The Bertz CT molecular complexity index is 845. The molecule has 3 rings (SSSR count). The summed E-state index contributed by atoms with van der Waals surface area (Å²) in [6.07, 6.45) is 5.24.